The summed E-state index contributed by atoms with van der Waals surface area (Å²) in [6.45, 7) is 1.73. The predicted molar refractivity (Wildman–Crippen MR) is 150 cm³/mol. The smallest absolute Gasteiger partial charge is 0.275 e. The van der Waals surface area contributed by atoms with Crippen molar-refractivity contribution in [1.29, 1.82) is 0 Å². The van der Waals surface area contributed by atoms with Gasteiger partial charge in [0.1, 0.15) is 11.5 Å². The van der Waals surface area contributed by atoms with Gasteiger partial charge in [-0.25, -0.2) is 4.39 Å². The van der Waals surface area contributed by atoms with E-state index >= 15 is 0 Å². The van der Waals surface area contributed by atoms with Gasteiger partial charge in [-0.1, -0.05) is 18.2 Å². The number of benzene rings is 2. The maximum absolute atomic E-state index is 13.8. The molecule has 0 fully saturated rings. The number of hydrogen-bond donors (Lipinski definition) is 3. The molecule has 2 aromatic carbocycles. The summed E-state index contributed by atoms with van der Waals surface area (Å²) < 4.78 is 14.9. The molecule has 3 aromatic heterocycles. The molecule has 0 aliphatic carbocycles. The normalized spacial score (nSPS) is 11.7. The summed E-state index contributed by atoms with van der Waals surface area (Å²) in [7, 11) is 1.65. The number of aromatic nitrogens is 6. The second kappa shape index (κ2) is 11.8. The van der Waals surface area contributed by atoms with E-state index in [0.29, 0.717) is 33.8 Å². The molecule has 41 heavy (non-hydrogen) atoms. The molecule has 1 atom stereocenters. The van der Waals surface area contributed by atoms with Gasteiger partial charge in [-0.3, -0.25) is 19.4 Å². The number of halogens is 1. The van der Waals surface area contributed by atoms with Crippen molar-refractivity contribution in [1.82, 2.24) is 35.5 Å². The summed E-state index contributed by atoms with van der Waals surface area (Å²) >= 11 is 0. The van der Waals surface area contributed by atoms with E-state index in [-0.39, 0.29) is 29.5 Å². The largest absolute Gasteiger partial charge is 0.320 e. The fraction of sp³-hybridized carbons (Fsp3) is 0.138. The first-order chi connectivity index (χ1) is 19.8. The van der Waals surface area contributed by atoms with Gasteiger partial charge in [-0.2, -0.15) is 5.21 Å². The Kier molecular flexibility index (Phi) is 7.83. The molecular weight excluding hydrogens is 527 g/mol. The molecule has 0 saturated heterocycles. The topological polar surface area (TPSA) is 148 Å². The van der Waals surface area contributed by atoms with Crippen LogP contribution in [0.15, 0.2) is 83.9 Å². The molecule has 1 amide bonds. The van der Waals surface area contributed by atoms with Gasteiger partial charge < -0.3 is 15.2 Å². The zero-order chi connectivity index (χ0) is 28.9. The van der Waals surface area contributed by atoms with Crippen LogP contribution in [0.5, 0.6) is 0 Å². The number of ketones is 1. The molecule has 206 valence electrons. The molecule has 3 heterocycles. The second-order valence-corrected chi connectivity index (χ2v) is 9.26. The van der Waals surface area contributed by atoms with Gasteiger partial charge in [-0.05, 0) is 78.8 Å². The van der Waals surface area contributed by atoms with E-state index in [9.17, 15) is 18.8 Å². The number of rotatable bonds is 9. The molecule has 5 aromatic rings. The molecule has 11 nitrogen and oxygen atoms in total. The fourth-order valence-corrected chi connectivity index (χ4v) is 4.20. The van der Waals surface area contributed by atoms with Gasteiger partial charge in [0.25, 0.3) is 5.56 Å². The minimum absolute atomic E-state index is 0.0451. The number of hydrogen-bond acceptors (Lipinski definition) is 8. The fourth-order valence-electron chi connectivity index (χ4n) is 4.20. The molecule has 0 unspecified atom stereocenters. The highest BCUT2D eigenvalue weighted by molar-refractivity contribution is 6.08. The van der Waals surface area contributed by atoms with E-state index in [0.717, 1.165) is 0 Å². The lowest BCUT2D eigenvalue weighted by Crippen LogP contribution is -2.37. The molecule has 0 spiro atoms. The van der Waals surface area contributed by atoms with Crippen molar-refractivity contribution in [3.8, 4) is 22.6 Å². The van der Waals surface area contributed by atoms with Crippen molar-refractivity contribution in [2.45, 2.75) is 19.5 Å². The first-order valence-electron chi connectivity index (χ1n) is 12.6. The maximum Gasteiger partial charge on any atom is 0.275 e. The Labute approximate surface area is 233 Å². The second-order valence-electron chi connectivity index (χ2n) is 9.26. The van der Waals surface area contributed by atoms with Crippen molar-refractivity contribution in [3.05, 3.63) is 112 Å². The number of tetrazole rings is 1. The zero-order valence-corrected chi connectivity index (χ0v) is 22.1. The van der Waals surface area contributed by atoms with Crippen LogP contribution in [0.25, 0.3) is 22.6 Å². The van der Waals surface area contributed by atoms with E-state index in [2.05, 4.69) is 36.2 Å². The van der Waals surface area contributed by atoms with Crippen molar-refractivity contribution >= 4 is 17.4 Å². The van der Waals surface area contributed by atoms with Crippen LogP contribution < -0.4 is 16.2 Å². The molecule has 0 radical (unpaired) electrons. The monoisotopic (exact) mass is 552 g/mol. The standard InChI is InChI=1S/C29H25FN8O3/c1-17(31-2)28(40)33-24-10-11-25(20-4-3-5-21(13-20)27-34-36-37-35-27)38(29(24)41)16-18-12-22(15-32-14-18)26(39)19-6-8-23(30)9-7-19/h3-15,17,31H,16H2,1-2H3,(H,33,40)(H,34,35,36,37)/t17-/m0/s1. The molecule has 5 rings (SSSR count). The third-order valence-electron chi connectivity index (χ3n) is 6.52. The number of pyridine rings is 2. The van der Waals surface area contributed by atoms with Gasteiger partial charge in [-0.15, -0.1) is 10.2 Å². The number of nitrogens with zero attached hydrogens (tertiary/aromatic N) is 5. The van der Waals surface area contributed by atoms with Gasteiger partial charge in [0, 0.05) is 29.1 Å². The summed E-state index contributed by atoms with van der Waals surface area (Å²) in [4.78, 5) is 43.6. The van der Waals surface area contributed by atoms with Gasteiger partial charge >= 0.3 is 0 Å². The van der Waals surface area contributed by atoms with Gasteiger partial charge in [0.05, 0.1) is 18.3 Å². The van der Waals surface area contributed by atoms with Gasteiger partial charge in [0.2, 0.25) is 11.7 Å². The Morgan fingerprint density at radius 1 is 1.00 bits per heavy atom. The highest BCUT2D eigenvalue weighted by Gasteiger charge is 2.18. The maximum atomic E-state index is 13.8. The van der Waals surface area contributed by atoms with E-state index in [4.69, 9.17) is 0 Å². The van der Waals surface area contributed by atoms with Crippen molar-refractivity contribution in [3.63, 3.8) is 0 Å². The first-order valence-corrected chi connectivity index (χ1v) is 12.6. The Morgan fingerprint density at radius 2 is 1.78 bits per heavy atom. The molecular formula is C29H25FN8O3. The van der Waals surface area contributed by atoms with Crippen molar-refractivity contribution in [2.24, 2.45) is 0 Å². The number of carbonyl (C=O) groups is 2. The zero-order valence-electron chi connectivity index (χ0n) is 22.1. The summed E-state index contributed by atoms with van der Waals surface area (Å²) in [5.41, 5.74) is 2.75. The number of H-pyrrole nitrogens is 1. The van der Waals surface area contributed by atoms with Crippen LogP contribution in [0, 0.1) is 5.82 Å². The Morgan fingerprint density at radius 3 is 2.51 bits per heavy atom. The number of likely N-dealkylation sites (N-methyl/N-ethyl adjacent to an activating group) is 1. The van der Waals surface area contributed by atoms with Crippen molar-refractivity contribution in [2.75, 3.05) is 12.4 Å². The quantitative estimate of drug-likeness (QED) is 0.236. The van der Waals surface area contributed by atoms with Crippen LogP contribution >= 0.6 is 0 Å². The Hall–Kier alpha value is -5.36. The number of aromatic amines is 1. The van der Waals surface area contributed by atoms with Crippen LogP contribution in [0.4, 0.5) is 10.1 Å². The lowest BCUT2D eigenvalue weighted by atomic mass is 10.0. The van der Waals surface area contributed by atoms with Crippen LogP contribution in [-0.2, 0) is 11.3 Å². The molecule has 0 aliphatic rings. The van der Waals surface area contributed by atoms with E-state index < -0.39 is 17.4 Å². The third-order valence-corrected chi connectivity index (χ3v) is 6.52. The minimum atomic E-state index is -0.521. The van der Waals surface area contributed by atoms with E-state index in [1.165, 1.54) is 35.0 Å². The Bertz CT molecular complexity index is 1770. The molecule has 0 bridgehead atoms. The highest BCUT2D eigenvalue weighted by atomic mass is 19.1. The summed E-state index contributed by atoms with van der Waals surface area (Å²) in [5, 5.41) is 19.6. The highest BCUT2D eigenvalue weighted by Crippen LogP contribution is 2.25. The average Bonchev–Trinajstić information content (AvgIpc) is 3.54. The van der Waals surface area contributed by atoms with Gasteiger partial charge in [0.15, 0.2) is 5.78 Å². The third kappa shape index (κ3) is 5.97. The van der Waals surface area contributed by atoms with Crippen molar-refractivity contribution < 1.29 is 14.0 Å². The number of amides is 1. The SMILES string of the molecule is CN[C@@H](C)C(=O)Nc1ccc(-c2cccc(-c3nn[nH]n3)c2)n(Cc2cncc(C(=O)c3ccc(F)cc3)c2)c1=O. The van der Waals surface area contributed by atoms with Crippen LogP contribution in [-0.4, -0.2) is 55.0 Å². The predicted octanol–water partition coefficient (Wildman–Crippen LogP) is 3.06. The first kappa shape index (κ1) is 27.2. The average molecular weight is 553 g/mol. The van der Waals surface area contributed by atoms with Crippen LogP contribution in [0.3, 0.4) is 0 Å². The molecule has 12 heteroatoms. The molecule has 0 aliphatic heterocycles. The van der Waals surface area contributed by atoms with Crippen LogP contribution in [0.1, 0.15) is 28.4 Å². The van der Waals surface area contributed by atoms with Crippen LogP contribution in [0.2, 0.25) is 0 Å². The number of carbonyl (C=O) groups excluding carboxylic acids is 2. The number of anilines is 1. The minimum Gasteiger partial charge on any atom is -0.320 e. The summed E-state index contributed by atoms with van der Waals surface area (Å²) in [6, 6.07) is 16.9. The summed E-state index contributed by atoms with van der Waals surface area (Å²) in [6.07, 6.45) is 2.98. The van der Waals surface area contributed by atoms with E-state index in [1.807, 2.05) is 24.3 Å². The number of nitrogens with one attached hydrogen (secondary N) is 3. The summed E-state index contributed by atoms with van der Waals surface area (Å²) in [5.74, 6) is -0.750. The lowest BCUT2D eigenvalue weighted by molar-refractivity contribution is -0.117. The molecule has 0 saturated carbocycles. The lowest BCUT2D eigenvalue weighted by Gasteiger charge is -2.17. The Balaban J connectivity index is 1.56. The molecule has 3 N–H and O–H groups in total. The van der Waals surface area contributed by atoms with E-state index in [1.54, 1.807) is 38.4 Å².